The van der Waals surface area contributed by atoms with Gasteiger partial charge in [0.2, 0.25) is 0 Å². The maximum Gasteiger partial charge on any atom is 0.119 e. The van der Waals surface area contributed by atoms with Gasteiger partial charge in [-0.25, -0.2) is 0 Å². The number of benzene rings is 2. The molecular weight excluding hydrogens is 342 g/mol. The van der Waals surface area contributed by atoms with Gasteiger partial charge in [0.25, 0.3) is 0 Å². The van der Waals surface area contributed by atoms with E-state index in [1.165, 1.54) is 5.69 Å². The molecule has 27 heavy (non-hydrogen) atoms. The van der Waals surface area contributed by atoms with E-state index in [0.29, 0.717) is 18.0 Å². The Kier molecular flexibility index (Phi) is 6.68. The third kappa shape index (κ3) is 5.45. The molecule has 1 aliphatic heterocycles. The molecule has 0 radical (unpaired) electrons. The Hall–Kier alpha value is -2.57. The molecule has 1 atom stereocenters. The molecule has 0 bridgehead atoms. The lowest BCUT2D eigenvalue weighted by atomic mass is 10.1. The number of nitrogens with zero attached hydrogens (tertiary/aromatic N) is 3. The van der Waals surface area contributed by atoms with Crippen LogP contribution in [-0.4, -0.2) is 66.4 Å². The Morgan fingerprint density at radius 3 is 2.33 bits per heavy atom. The van der Waals surface area contributed by atoms with Crippen molar-refractivity contribution >= 4 is 11.4 Å². The minimum Gasteiger partial charge on any atom is -0.491 e. The summed E-state index contributed by atoms with van der Waals surface area (Å²) in [7, 11) is 0. The predicted octanol–water partition coefficient (Wildman–Crippen LogP) is 2.45. The zero-order chi connectivity index (χ0) is 19.1. The molecule has 0 aromatic heterocycles. The molecule has 6 nitrogen and oxygen atoms in total. The fourth-order valence-electron chi connectivity index (χ4n) is 3.22. The molecule has 2 aromatic carbocycles. The summed E-state index contributed by atoms with van der Waals surface area (Å²) in [6.07, 6.45) is -0.534. The van der Waals surface area contributed by atoms with Crippen molar-refractivity contribution < 1.29 is 15.1 Å². The van der Waals surface area contributed by atoms with E-state index in [0.717, 1.165) is 31.7 Å². The molecule has 1 fully saturated rings. The van der Waals surface area contributed by atoms with Crippen LogP contribution in [-0.2, 0) is 0 Å². The van der Waals surface area contributed by atoms with Crippen molar-refractivity contribution in [3.05, 3.63) is 60.2 Å². The van der Waals surface area contributed by atoms with Gasteiger partial charge in [0.1, 0.15) is 18.5 Å². The number of oxime groups is 1. The first-order valence-corrected chi connectivity index (χ1v) is 9.28. The Bertz CT molecular complexity index is 726. The highest BCUT2D eigenvalue weighted by atomic mass is 16.5. The van der Waals surface area contributed by atoms with E-state index in [1.807, 2.05) is 30.3 Å². The number of piperazine rings is 1. The zero-order valence-corrected chi connectivity index (χ0v) is 15.7. The highest BCUT2D eigenvalue weighted by Crippen LogP contribution is 2.16. The zero-order valence-electron chi connectivity index (χ0n) is 15.7. The Morgan fingerprint density at radius 1 is 1.04 bits per heavy atom. The van der Waals surface area contributed by atoms with Crippen LogP contribution in [0.15, 0.2) is 59.8 Å². The molecule has 144 valence electrons. The average molecular weight is 369 g/mol. The fourth-order valence-corrected chi connectivity index (χ4v) is 3.22. The summed E-state index contributed by atoms with van der Waals surface area (Å²) < 4.78 is 5.68. The second-order valence-electron chi connectivity index (χ2n) is 6.80. The van der Waals surface area contributed by atoms with Crippen LogP contribution in [0.3, 0.4) is 0 Å². The maximum absolute atomic E-state index is 10.3. The van der Waals surface area contributed by atoms with E-state index in [1.54, 1.807) is 6.92 Å². The molecule has 6 heteroatoms. The quantitative estimate of drug-likeness (QED) is 0.446. The molecule has 3 rings (SSSR count). The van der Waals surface area contributed by atoms with Crippen molar-refractivity contribution in [3.8, 4) is 5.75 Å². The molecule has 2 N–H and O–H groups in total. The topological polar surface area (TPSA) is 68.5 Å². The Labute approximate surface area is 160 Å². The van der Waals surface area contributed by atoms with Crippen molar-refractivity contribution in [1.82, 2.24) is 4.90 Å². The first kappa shape index (κ1) is 19.2. The van der Waals surface area contributed by atoms with Crippen molar-refractivity contribution in [2.75, 3.05) is 44.2 Å². The minimum absolute atomic E-state index is 0.255. The van der Waals surface area contributed by atoms with Crippen LogP contribution in [0.4, 0.5) is 5.69 Å². The molecule has 0 spiro atoms. The lowest BCUT2D eigenvalue weighted by Crippen LogP contribution is -2.49. The number of para-hydroxylation sites is 1. The van der Waals surface area contributed by atoms with Gasteiger partial charge in [-0.2, -0.15) is 0 Å². The van der Waals surface area contributed by atoms with Gasteiger partial charge < -0.3 is 20.0 Å². The SMILES string of the molecule is CC(=NO)c1ccc(OCC(O)CN2CCN(c3ccccc3)CC2)cc1. The normalized spacial score (nSPS) is 17.0. The lowest BCUT2D eigenvalue weighted by molar-refractivity contribution is 0.0663. The van der Waals surface area contributed by atoms with Crippen molar-refractivity contribution in [1.29, 1.82) is 0 Å². The van der Waals surface area contributed by atoms with Crippen LogP contribution in [0.2, 0.25) is 0 Å². The van der Waals surface area contributed by atoms with Crippen LogP contribution in [0.5, 0.6) is 5.75 Å². The van der Waals surface area contributed by atoms with Crippen LogP contribution in [0.25, 0.3) is 0 Å². The van der Waals surface area contributed by atoms with E-state index in [9.17, 15) is 5.11 Å². The van der Waals surface area contributed by atoms with Crippen LogP contribution >= 0.6 is 0 Å². The van der Waals surface area contributed by atoms with E-state index in [2.05, 4.69) is 39.2 Å². The summed E-state index contributed by atoms with van der Waals surface area (Å²) in [5.74, 6) is 0.692. The third-order valence-corrected chi connectivity index (χ3v) is 4.83. The second kappa shape index (κ2) is 9.39. The van der Waals surface area contributed by atoms with E-state index < -0.39 is 6.10 Å². The molecule has 1 saturated heterocycles. The molecule has 2 aromatic rings. The molecule has 0 saturated carbocycles. The number of aliphatic hydroxyl groups excluding tert-OH is 1. The molecular formula is C21H27N3O3. The Morgan fingerprint density at radius 2 is 1.70 bits per heavy atom. The van der Waals surface area contributed by atoms with Gasteiger partial charge >= 0.3 is 0 Å². The number of β-amino-alcohol motifs (C(OH)–C–C–N with tert-alkyl or cyclic N) is 1. The summed E-state index contributed by atoms with van der Waals surface area (Å²) in [4.78, 5) is 4.65. The number of hydrogen-bond donors (Lipinski definition) is 2. The number of hydrogen-bond acceptors (Lipinski definition) is 6. The number of anilines is 1. The Balaban J connectivity index is 1.40. The number of ether oxygens (including phenoxy) is 1. The molecule has 1 heterocycles. The fraction of sp³-hybridized carbons (Fsp3) is 0.381. The van der Waals surface area contributed by atoms with E-state index in [-0.39, 0.29) is 6.61 Å². The minimum atomic E-state index is -0.534. The molecule has 1 unspecified atom stereocenters. The van der Waals surface area contributed by atoms with Crippen molar-refractivity contribution in [2.45, 2.75) is 13.0 Å². The average Bonchev–Trinajstić information content (AvgIpc) is 2.73. The summed E-state index contributed by atoms with van der Waals surface area (Å²) in [5.41, 5.74) is 2.64. The summed E-state index contributed by atoms with van der Waals surface area (Å²) in [6.45, 7) is 6.38. The maximum atomic E-state index is 10.3. The van der Waals surface area contributed by atoms with Crippen molar-refractivity contribution in [2.24, 2.45) is 5.16 Å². The van der Waals surface area contributed by atoms with Gasteiger partial charge in [-0.3, -0.25) is 4.90 Å². The van der Waals surface area contributed by atoms with Gasteiger partial charge in [0.05, 0.1) is 5.71 Å². The first-order valence-electron chi connectivity index (χ1n) is 9.28. The molecule has 0 amide bonds. The van der Waals surface area contributed by atoms with E-state index >= 15 is 0 Å². The lowest BCUT2D eigenvalue weighted by Gasteiger charge is -2.36. The van der Waals surface area contributed by atoms with Gasteiger partial charge in [-0.15, -0.1) is 0 Å². The second-order valence-corrected chi connectivity index (χ2v) is 6.80. The number of rotatable bonds is 7. The van der Waals surface area contributed by atoms with Gasteiger partial charge in [-0.05, 0) is 48.9 Å². The van der Waals surface area contributed by atoms with Crippen molar-refractivity contribution in [3.63, 3.8) is 0 Å². The van der Waals surface area contributed by atoms with Crippen LogP contribution < -0.4 is 9.64 Å². The molecule has 1 aliphatic rings. The first-order chi connectivity index (χ1) is 13.2. The summed E-state index contributed by atoms with van der Waals surface area (Å²) >= 11 is 0. The van der Waals surface area contributed by atoms with Gasteiger partial charge in [0.15, 0.2) is 0 Å². The highest BCUT2D eigenvalue weighted by molar-refractivity contribution is 5.98. The van der Waals surface area contributed by atoms with E-state index in [4.69, 9.17) is 9.94 Å². The molecule has 0 aliphatic carbocycles. The monoisotopic (exact) mass is 369 g/mol. The third-order valence-electron chi connectivity index (χ3n) is 4.83. The standard InChI is InChI=1S/C21H27N3O3/c1-17(22-26)18-7-9-21(10-8-18)27-16-20(25)15-23-11-13-24(14-12-23)19-5-3-2-4-6-19/h2-10,20,25-26H,11-16H2,1H3. The van der Waals surface area contributed by atoms with Crippen LogP contribution in [0.1, 0.15) is 12.5 Å². The smallest absolute Gasteiger partial charge is 0.119 e. The van der Waals surface area contributed by atoms with Gasteiger partial charge in [0, 0.05) is 38.4 Å². The highest BCUT2D eigenvalue weighted by Gasteiger charge is 2.19. The van der Waals surface area contributed by atoms with Gasteiger partial charge in [-0.1, -0.05) is 23.4 Å². The summed E-state index contributed by atoms with van der Waals surface area (Å²) in [5, 5.41) is 22.3. The number of aliphatic hydroxyl groups is 1. The summed E-state index contributed by atoms with van der Waals surface area (Å²) in [6, 6.07) is 17.7. The van der Waals surface area contributed by atoms with Crippen LogP contribution in [0, 0.1) is 0 Å². The largest absolute Gasteiger partial charge is 0.491 e. The predicted molar refractivity (Wildman–Crippen MR) is 107 cm³/mol.